The molecular formula is C11H13FN6. The smallest absolute Gasteiger partial charge is 0.239 e. The molecule has 0 aliphatic heterocycles. The van der Waals surface area contributed by atoms with Gasteiger partial charge in [-0.05, 0) is 18.6 Å². The molecule has 1 atom stereocenters. The third-order valence-electron chi connectivity index (χ3n) is 2.41. The van der Waals surface area contributed by atoms with E-state index in [4.69, 9.17) is 5.84 Å². The predicted octanol–water partition coefficient (Wildman–Crippen LogP) is 1.47. The first-order valence-corrected chi connectivity index (χ1v) is 5.36. The highest BCUT2D eigenvalue weighted by atomic mass is 19.1. The molecule has 2 heterocycles. The SMILES string of the molecule is CC(Nc1nc(NN)ncc1F)c1cccnc1. The van der Waals surface area contributed by atoms with Gasteiger partial charge in [0.05, 0.1) is 12.2 Å². The molecule has 2 rings (SSSR count). The van der Waals surface area contributed by atoms with Crippen LogP contribution in [0.5, 0.6) is 0 Å². The van der Waals surface area contributed by atoms with Gasteiger partial charge in [-0.1, -0.05) is 6.07 Å². The molecule has 0 saturated carbocycles. The Kier molecular flexibility index (Phi) is 3.63. The number of aromatic nitrogens is 3. The number of nitrogen functional groups attached to an aromatic ring is 1. The summed E-state index contributed by atoms with van der Waals surface area (Å²) in [7, 11) is 0. The third kappa shape index (κ3) is 2.69. The highest BCUT2D eigenvalue weighted by Crippen LogP contribution is 2.19. The van der Waals surface area contributed by atoms with Crippen LogP contribution in [-0.4, -0.2) is 15.0 Å². The topological polar surface area (TPSA) is 88.8 Å². The van der Waals surface area contributed by atoms with Crippen molar-refractivity contribution < 1.29 is 4.39 Å². The summed E-state index contributed by atoms with van der Waals surface area (Å²) >= 11 is 0. The number of rotatable bonds is 4. The fourth-order valence-corrected chi connectivity index (χ4v) is 1.46. The third-order valence-corrected chi connectivity index (χ3v) is 2.41. The van der Waals surface area contributed by atoms with Crippen molar-refractivity contribution >= 4 is 11.8 Å². The standard InChI is InChI=1S/C11H13FN6/c1-7(8-3-2-4-14-5-8)16-10-9(12)6-15-11(17-10)18-13/h2-7H,13H2,1H3,(H2,15,16,17,18). The van der Waals surface area contributed by atoms with E-state index in [0.29, 0.717) is 0 Å². The van der Waals surface area contributed by atoms with Gasteiger partial charge in [0.2, 0.25) is 5.95 Å². The maximum Gasteiger partial charge on any atom is 0.239 e. The van der Waals surface area contributed by atoms with E-state index in [9.17, 15) is 4.39 Å². The van der Waals surface area contributed by atoms with E-state index >= 15 is 0 Å². The fourth-order valence-electron chi connectivity index (χ4n) is 1.46. The number of nitrogens with zero attached hydrogens (tertiary/aromatic N) is 3. The minimum absolute atomic E-state index is 0.0919. The van der Waals surface area contributed by atoms with E-state index in [1.165, 1.54) is 0 Å². The van der Waals surface area contributed by atoms with Crippen LogP contribution < -0.4 is 16.6 Å². The molecule has 94 valence electrons. The van der Waals surface area contributed by atoms with Crippen LogP contribution >= 0.6 is 0 Å². The van der Waals surface area contributed by atoms with Crippen LogP contribution in [0.15, 0.2) is 30.7 Å². The highest BCUT2D eigenvalue weighted by Gasteiger charge is 2.11. The number of nitrogens with one attached hydrogen (secondary N) is 2. The second-order valence-corrected chi connectivity index (χ2v) is 3.69. The second kappa shape index (κ2) is 5.37. The first kappa shape index (κ1) is 12.2. The molecule has 4 N–H and O–H groups in total. The molecule has 0 bridgehead atoms. The monoisotopic (exact) mass is 248 g/mol. The Bertz CT molecular complexity index is 518. The Balaban J connectivity index is 2.18. The number of hydrazine groups is 1. The summed E-state index contributed by atoms with van der Waals surface area (Å²) in [5, 5.41) is 2.94. The second-order valence-electron chi connectivity index (χ2n) is 3.69. The van der Waals surface area contributed by atoms with E-state index in [0.717, 1.165) is 11.8 Å². The van der Waals surface area contributed by atoms with Gasteiger partial charge in [0.1, 0.15) is 0 Å². The molecule has 6 nitrogen and oxygen atoms in total. The summed E-state index contributed by atoms with van der Waals surface area (Å²) in [6.45, 7) is 1.88. The normalized spacial score (nSPS) is 11.9. The van der Waals surface area contributed by atoms with Gasteiger partial charge in [-0.2, -0.15) is 4.98 Å². The lowest BCUT2D eigenvalue weighted by molar-refractivity contribution is 0.614. The lowest BCUT2D eigenvalue weighted by atomic mass is 10.1. The maximum absolute atomic E-state index is 13.5. The molecule has 2 aromatic heterocycles. The van der Waals surface area contributed by atoms with Crippen molar-refractivity contribution in [3.63, 3.8) is 0 Å². The van der Waals surface area contributed by atoms with E-state index in [1.807, 2.05) is 19.1 Å². The Hall–Kier alpha value is -2.28. The van der Waals surface area contributed by atoms with E-state index < -0.39 is 5.82 Å². The van der Waals surface area contributed by atoms with Gasteiger partial charge in [-0.25, -0.2) is 15.2 Å². The minimum atomic E-state index is -0.537. The number of hydrogen-bond acceptors (Lipinski definition) is 6. The lowest BCUT2D eigenvalue weighted by Crippen LogP contribution is -2.14. The van der Waals surface area contributed by atoms with Gasteiger partial charge in [-0.3, -0.25) is 10.4 Å². The Morgan fingerprint density at radius 3 is 2.89 bits per heavy atom. The Labute approximate surface area is 103 Å². The van der Waals surface area contributed by atoms with Crippen molar-refractivity contribution in [1.29, 1.82) is 0 Å². The fraction of sp³-hybridized carbons (Fsp3) is 0.182. The molecule has 7 heteroatoms. The zero-order chi connectivity index (χ0) is 13.0. The minimum Gasteiger partial charge on any atom is -0.361 e. The lowest BCUT2D eigenvalue weighted by Gasteiger charge is -2.15. The maximum atomic E-state index is 13.5. The van der Waals surface area contributed by atoms with Crippen LogP contribution in [-0.2, 0) is 0 Å². The number of pyridine rings is 1. The van der Waals surface area contributed by atoms with Gasteiger partial charge in [-0.15, -0.1) is 0 Å². The van der Waals surface area contributed by atoms with Crippen molar-refractivity contribution in [3.8, 4) is 0 Å². The van der Waals surface area contributed by atoms with Crippen molar-refractivity contribution in [2.24, 2.45) is 5.84 Å². The zero-order valence-electron chi connectivity index (χ0n) is 9.76. The van der Waals surface area contributed by atoms with E-state index in [-0.39, 0.29) is 17.8 Å². The molecule has 1 unspecified atom stereocenters. The molecule has 0 amide bonds. The van der Waals surface area contributed by atoms with E-state index in [2.05, 4.69) is 25.7 Å². The first-order valence-electron chi connectivity index (χ1n) is 5.36. The summed E-state index contributed by atoms with van der Waals surface area (Å²) in [6.07, 6.45) is 4.44. The van der Waals surface area contributed by atoms with Crippen LogP contribution in [0.4, 0.5) is 16.2 Å². The van der Waals surface area contributed by atoms with Crippen LogP contribution in [0.3, 0.4) is 0 Å². The van der Waals surface area contributed by atoms with Crippen molar-refractivity contribution in [2.75, 3.05) is 10.7 Å². The molecule has 2 aromatic rings. The van der Waals surface area contributed by atoms with Gasteiger partial charge >= 0.3 is 0 Å². The Morgan fingerprint density at radius 2 is 2.22 bits per heavy atom. The van der Waals surface area contributed by atoms with Gasteiger partial charge in [0.15, 0.2) is 11.6 Å². The molecule has 0 aliphatic rings. The number of hydrogen-bond donors (Lipinski definition) is 3. The van der Waals surface area contributed by atoms with Crippen LogP contribution in [0, 0.1) is 5.82 Å². The summed E-state index contributed by atoms with van der Waals surface area (Å²) < 4.78 is 13.5. The van der Waals surface area contributed by atoms with Crippen LogP contribution in [0.1, 0.15) is 18.5 Å². The van der Waals surface area contributed by atoms with Crippen LogP contribution in [0.2, 0.25) is 0 Å². The summed E-state index contributed by atoms with van der Waals surface area (Å²) in [5.41, 5.74) is 3.19. The number of anilines is 2. The molecule has 0 spiro atoms. The highest BCUT2D eigenvalue weighted by molar-refractivity contribution is 5.42. The molecule has 0 saturated heterocycles. The van der Waals surface area contributed by atoms with E-state index in [1.54, 1.807) is 12.4 Å². The summed E-state index contributed by atoms with van der Waals surface area (Å²) in [4.78, 5) is 11.6. The van der Waals surface area contributed by atoms with Gasteiger partial charge in [0, 0.05) is 12.4 Å². The van der Waals surface area contributed by atoms with Gasteiger partial charge < -0.3 is 5.32 Å². The average molecular weight is 248 g/mol. The van der Waals surface area contributed by atoms with Gasteiger partial charge in [0.25, 0.3) is 0 Å². The Morgan fingerprint density at radius 1 is 1.39 bits per heavy atom. The average Bonchev–Trinajstić information content (AvgIpc) is 2.42. The largest absolute Gasteiger partial charge is 0.361 e. The molecule has 0 aliphatic carbocycles. The van der Waals surface area contributed by atoms with Crippen molar-refractivity contribution in [1.82, 2.24) is 15.0 Å². The number of nitrogens with two attached hydrogens (primary N) is 1. The molecule has 0 radical (unpaired) electrons. The molecule has 18 heavy (non-hydrogen) atoms. The summed E-state index contributed by atoms with van der Waals surface area (Å²) in [5.74, 6) is 4.88. The predicted molar refractivity (Wildman–Crippen MR) is 66.1 cm³/mol. The number of halogens is 1. The van der Waals surface area contributed by atoms with Crippen molar-refractivity contribution in [2.45, 2.75) is 13.0 Å². The molecule has 0 aromatic carbocycles. The van der Waals surface area contributed by atoms with Crippen molar-refractivity contribution in [3.05, 3.63) is 42.1 Å². The summed E-state index contributed by atoms with van der Waals surface area (Å²) in [6, 6.07) is 3.58. The van der Waals surface area contributed by atoms with Crippen LogP contribution in [0.25, 0.3) is 0 Å². The first-order chi connectivity index (χ1) is 8.70. The zero-order valence-corrected chi connectivity index (χ0v) is 9.76. The molecule has 0 fully saturated rings. The quantitative estimate of drug-likeness (QED) is 0.561. The molecular weight excluding hydrogens is 235 g/mol.